The molecule has 168 valence electrons. The zero-order valence-corrected chi connectivity index (χ0v) is 20.0. The Morgan fingerprint density at radius 2 is 0.867 bits per heavy atom. The lowest BCUT2D eigenvalue weighted by Gasteiger charge is -2.31. The van der Waals surface area contributed by atoms with Crippen molar-refractivity contribution in [1.29, 1.82) is 0 Å². The second-order valence-electron chi connectivity index (χ2n) is 9.28. The van der Waals surface area contributed by atoms with Gasteiger partial charge in [-0.3, -0.25) is 0 Å². The molecular formula is C26H40O4. The van der Waals surface area contributed by atoms with Crippen LogP contribution in [-0.2, 0) is 30.8 Å². The molecule has 0 saturated carbocycles. The molecular weight excluding hydrogens is 376 g/mol. The summed E-state index contributed by atoms with van der Waals surface area (Å²) in [6.07, 6.45) is 0. The van der Waals surface area contributed by atoms with Crippen molar-refractivity contribution >= 4 is 0 Å². The average Bonchev–Trinajstić information content (AvgIpc) is 2.71. The Bertz CT molecular complexity index is 617. The third kappa shape index (κ3) is 10.4. The minimum Gasteiger partial charge on any atom is -0.236 e. The molecule has 0 saturated heterocycles. The number of rotatable bonds is 10. The van der Waals surface area contributed by atoms with Crippen LogP contribution in [0.5, 0.6) is 0 Å². The van der Waals surface area contributed by atoms with E-state index in [1.807, 2.05) is 88.4 Å². The minimum atomic E-state index is -0.493. The Morgan fingerprint density at radius 3 is 1.13 bits per heavy atom. The molecule has 0 aliphatic rings. The molecule has 0 N–H and O–H groups in total. The topological polar surface area (TPSA) is 36.9 Å². The van der Waals surface area contributed by atoms with Crippen LogP contribution < -0.4 is 0 Å². The Balaban J connectivity index is 0.000000382. The van der Waals surface area contributed by atoms with Crippen molar-refractivity contribution < 1.29 is 19.6 Å². The van der Waals surface area contributed by atoms with Crippen LogP contribution in [0.2, 0.25) is 0 Å². The molecule has 0 amide bonds. The lowest BCUT2D eigenvalue weighted by Crippen LogP contribution is -2.29. The van der Waals surface area contributed by atoms with E-state index in [0.717, 1.165) is 11.1 Å². The van der Waals surface area contributed by atoms with E-state index in [2.05, 4.69) is 27.7 Å². The van der Waals surface area contributed by atoms with Gasteiger partial charge in [-0.1, -0.05) is 88.4 Å². The summed E-state index contributed by atoms with van der Waals surface area (Å²) < 4.78 is 0. The molecule has 2 aromatic carbocycles. The fourth-order valence-corrected chi connectivity index (χ4v) is 2.35. The van der Waals surface area contributed by atoms with Gasteiger partial charge in [0.15, 0.2) is 0 Å². The first-order chi connectivity index (χ1) is 14.0. The Kier molecular flexibility index (Phi) is 11.3. The summed E-state index contributed by atoms with van der Waals surface area (Å²) >= 11 is 0. The highest BCUT2D eigenvalue weighted by molar-refractivity contribution is 5.22. The molecule has 2 rings (SSSR count). The quantitative estimate of drug-likeness (QED) is 0.236. The van der Waals surface area contributed by atoms with Gasteiger partial charge in [-0.05, 0) is 50.7 Å². The van der Waals surface area contributed by atoms with Crippen LogP contribution in [0.1, 0.15) is 66.5 Å². The van der Waals surface area contributed by atoms with Crippen LogP contribution in [0, 0.1) is 11.8 Å². The predicted octanol–water partition coefficient (Wildman–Crippen LogP) is 7.05. The van der Waals surface area contributed by atoms with E-state index in [-0.39, 0.29) is 0 Å². The van der Waals surface area contributed by atoms with Gasteiger partial charge in [0, 0.05) is 0 Å². The molecule has 4 nitrogen and oxygen atoms in total. The van der Waals surface area contributed by atoms with E-state index in [1.165, 1.54) is 0 Å². The van der Waals surface area contributed by atoms with Gasteiger partial charge in [0.05, 0.1) is 13.2 Å². The van der Waals surface area contributed by atoms with Crippen molar-refractivity contribution in [2.45, 2.75) is 66.6 Å². The summed E-state index contributed by atoms with van der Waals surface area (Å²) in [5.74, 6) is 1.10. The average molecular weight is 417 g/mol. The third-order valence-electron chi connectivity index (χ3n) is 4.28. The monoisotopic (exact) mass is 416 g/mol. The highest BCUT2D eigenvalue weighted by atomic mass is 17.2. The Labute approximate surface area is 183 Å². The van der Waals surface area contributed by atoms with Gasteiger partial charge < -0.3 is 0 Å². The van der Waals surface area contributed by atoms with Crippen LogP contribution in [0.3, 0.4) is 0 Å². The summed E-state index contributed by atoms with van der Waals surface area (Å²) in [6, 6.07) is 20.2. The van der Waals surface area contributed by atoms with Crippen molar-refractivity contribution in [2.75, 3.05) is 13.2 Å². The molecule has 2 aromatic rings. The van der Waals surface area contributed by atoms with Crippen molar-refractivity contribution in [3.63, 3.8) is 0 Å². The lowest BCUT2D eigenvalue weighted by atomic mass is 9.98. The van der Waals surface area contributed by atoms with Gasteiger partial charge >= 0.3 is 0 Å². The fourth-order valence-electron chi connectivity index (χ4n) is 2.35. The van der Waals surface area contributed by atoms with Crippen LogP contribution in [0.25, 0.3) is 0 Å². The summed E-state index contributed by atoms with van der Waals surface area (Å²) in [5.41, 5.74) is 1.19. The van der Waals surface area contributed by atoms with Crippen LogP contribution in [-0.4, -0.2) is 13.2 Å². The van der Waals surface area contributed by atoms with E-state index in [1.54, 1.807) is 0 Å². The van der Waals surface area contributed by atoms with Crippen LogP contribution in [0.4, 0.5) is 0 Å². The van der Waals surface area contributed by atoms with Gasteiger partial charge in [-0.2, -0.15) is 0 Å². The molecule has 0 radical (unpaired) electrons. The molecule has 0 heterocycles. The van der Waals surface area contributed by atoms with E-state index in [0.29, 0.717) is 25.0 Å². The first-order valence-electron chi connectivity index (χ1n) is 10.8. The summed E-state index contributed by atoms with van der Waals surface area (Å²) in [6.45, 7) is 17.8. The van der Waals surface area contributed by atoms with Gasteiger partial charge in [-0.25, -0.2) is 19.6 Å². The maximum absolute atomic E-state index is 5.73. The molecule has 0 unspecified atom stereocenters. The normalized spacial score (nSPS) is 12.1. The second-order valence-corrected chi connectivity index (χ2v) is 9.28. The largest absolute Gasteiger partial charge is 0.236 e. The molecule has 0 bridgehead atoms. The van der Waals surface area contributed by atoms with Gasteiger partial charge in [0.1, 0.15) is 11.2 Å². The first kappa shape index (κ1) is 26.3. The van der Waals surface area contributed by atoms with Crippen LogP contribution in [0.15, 0.2) is 60.7 Å². The first-order valence-corrected chi connectivity index (χ1v) is 10.8. The molecule has 0 fully saturated rings. The molecule has 0 aromatic heterocycles. The van der Waals surface area contributed by atoms with Gasteiger partial charge in [0.25, 0.3) is 0 Å². The summed E-state index contributed by atoms with van der Waals surface area (Å²) in [4.78, 5) is 21.3. The highest BCUT2D eigenvalue weighted by Gasteiger charge is 2.29. The van der Waals surface area contributed by atoms with Gasteiger partial charge in [0.2, 0.25) is 0 Å². The Hall–Kier alpha value is -1.72. The molecule has 4 heteroatoms. The molecule has 30 heavy (non-hydrogen) atoms. The summed E-state index contributed by atoms with van der Waals surface area (Å²) in [5, 5.41) is 0. The zero-order chi connectivity index (χ0) is 22.6. The van der Waals surface area contributed by atoms with Crippen molar-refractivity contribution in [1.82, 2.24) is 0 Å². The second kappa shape index (κ2) is 12.9. The molecule has 0 spiro atoms. The van der Waals surface area contributed by atoms with E-state index in [4.69, 9.17) is 19.6 Å². The smallest absolute Gasteiger partial charge is 0.123 e. The molecule has 0 atom stereocenters. The van der Waals surface area contributed by atoms with Crippen molar-refractivity contribution in [3.8, 4) is 0 Å². The third-order valence-corrected chi connectivity index (χ3v) is 4.28. The lowest BCUT2D eigenvalue weighted by molar-refractivity contribution is -0.410. The summed E-state index contributed by atoms with van der Waals surface area (Å²) in [7, 11) is 0. The van der Waals surface area contributed by atoms with Crippen LogP contribution >= 0.6 is 0 Å². The maximum Gasteiger partial charge on any atom is 0.123 e. The standard InChI is InChI=1S/C18H22O2.C8H18O2/c1-17(2,15-11-7-5-8-12-15)19-20-18(3,4)16-13-9-6-10-14-16;1-7(2)5-9-10-6-8(3)4/h5-14H,1-4H3;7-8H,5-6H2,1-4H3. The van der Waals surface area contributed by atoms with Gasteiger partial charge in [-0.15, -0.1) is 0 Å². The predicted molar refractivity (Wildman–Crippen MR) is 123 cm³/mol. The van der Waals surface area contributed by atoms with E-state index < -0.39 is 11.2 Å². The maximum atomic E-state index is 5.73. The fraction of sp³-hybridized carbons (Fsp3) is 0.538. The highest BCUT2D eigenvalue weighted by Crippen LogP contribution is 2.31. The molecule has 0 aliphatic heterocycles. The number of benzene rings is 2. The zero-order valence-electron chi connectivity index (χ0n) is 20.0. The number of hydrogen-bond acceptors (Lipinski definition) is 4. The minimum absolute atomic E-state index is 0.493. The van der Waals surface area contributed by atoms with Crippen molar-refractivity contribution in [3.05, 3.63) is 71.8 Å². The Morgan fingerprint density at radius 1 is 0.567 bits per heavy atom. The SMILES string of the molecule is CC(C)(OOC(C)(C)c1ccccc1)c1ccccc1.CC(C)COOCC(C)C. The molecule has 0 aliphatic carbocycles. The van der Waals surface area contributed by atoms with E-state index >= 15 is 0 Å². The van der Waals surface area contributed by atoms with E-state index in [9.17, 15) is 0 Å². The number of hydrogen-bond donors (Lipinski definition) is 0. The van der Waals surface area contributed by atoms with Crippen molar-refractivity contribution in [2.24, 2.45) is 11.8 Å².